The summed E-state index contributed by atoms with van der Waals surface area (Å²) < 4.78 is 24.6. The second kappa shape index (κ2) is 6.27. The van der Waals surface area contributed by atoms with Gasteiger partial charge in [-0.05, 0) is 0 Å². The van der Waals surface area contributed by atoms with Crippen molar-refractivity contribution in [1.82, 2.24) is 4.31 Å². The Labute approximate surface area is 117 Å². The second-order valence-corrected chi connectivity index (χ2v) is 6.49. The first-order chi connectivity index (χ1) is 9.38. The van der Waals surface area contributed by atoms with Crippen molar-refractivity contribution < 1.29 is 13.3 Å². The number of nitriles is 2. The molecule has 0 saturated carbocycles. The van der Waals surface area contributed by atoms with Crippen LogP contribution < -0.4 is 11.3 Å². The lowest BCUT2D eigenvalue weighted by Crippen LogP contribution is -2.31. The highest BCUT2D eigenvalue weighted by Crippen LogP contribution is 2.37. The lowest BCUT2D eigenvalue weighted by Gasteiger charge is -2.13. The van der Waals surface area contributed by atoms with Gasteiger partial charge in [-0.25, -0.2) is 14.3 Å². The number of nitrogens with one attached hydrogen (secondary N) is 1. The number of hydrogen-bond acceptors (Lipinski definition) is 9. The van der Waals surface area contributed by atoms with Crippen LogP contribution in [-0.2, 0) is 10.0 Å². The minimum absolute atomic E-state index is 0.137. The standard InChI is InChI=1S/C8H8N6O4S2/c9-1-3-13(4-2-10)20(17,18)7-5-6(14(15)16)8(12-11)19-7/h5,12H,3-4,11H2. The maximum Gasteiger partial charge on any atom is 0.306 e. The second-order valence-electron chi connectivity index (χ2n) is 3.27. The molecule has 1 aromatic rings. The summed E-state index contributed by atoms with van der Waals surface area (Å²) in [4.78, 5) is 9.96. The average molecular weight is 316 g/mol. The Bertz CT molecular complexity index is 682. The van der Waals surface area contributed by atoms with Crippen molar-refractivity contribution in [3.63, 3.8) is 0 Å². The van der Waals surface area contributed by atoms with Crippen LogP contribution in [0.5, 0.6) is 0 Å². The summed E-state index contributed by atoms with van der Waals surface area (Å²) in [5.74, 6) is 5.08. The summed E-state index contributed by atoms with van der Waals surface area (Å²) >= 11 is 0.549. The van der Waals surface area contributed by atoms with Gasteiger partial charge < -0.3 is 5.43 Å². The van der Waals surface area contributed by atoms with Gasteiger partial charge in [-0.15, -0.1) is 0 Å². The normalized spacial score (nSPS) is 10.8. The van der Waals surface area contributed by atoms with Crippen LogP contribution in [0.3, 0.4) is 0 Å². The van der Waals surface area contributed by atoms with Gasteiger partial charge >= 0.3 is 5.69 Å². The van der Waals surface area contributed by atoms with Crippen LogP contribution in [0.2, 0.25) is 0 Å². The van der Waals surface area contributed by atoms with Crippen LogP contribution >= 0.6 is 11.3 Å². The molecule has 0 saturated heterocycles. The van der Waals surface area contributed by atoms with E-state index in [2.05, 4.69) is 0 Å². The van der Waals surface area contributed by atoms with Crippen LogP contribution in [0, 0.1) is 32.8 Å². The maximum atomic E-state index is 12.2. The number of nitrogens with zero attached hydrogens (tertiary/aromatic N) is 4. The summed E-state index contributed by atoms with van der Waals surface area (Å²) in [5, 5.41) is 27.7. The van der Waals surface area contributed by atoms with Crippen molar-refractivity contribution in [1.29, 1.82) is 10.5 Å². The summed E-state index contributed by atoms with van der Waals surface area (Å²) in [6, 6.07) is 4.06. The molecule has 10 nitrogen and oxygen atoms in total. The van der Waals surface area contributed by atoms with Crippen molar-refractivity contribution in [2.45, 2.75) is 4.21 Å². The predicted molar refractivity (Wildman–Crippen MR) is 68.8 cm³/mol. The van der Waals surface area contributed by atoms with Gasteiger partial charge in [0, 0.05) is 6.07 Å². The third-order valence-electron chi connectivity index (χ3n) is 2.11. The Morgan fingerprint density at radius 2 is 2.00 bits per heavy atom. The molecule has 0 aromatic carbocycles. The van der Waals surface area contributed by atoms with Crippen LogP contribution in [0.15, 0.2) is 10.3 Å². The number of rotatable bonds is 6. The molecule has 3 N–H and O–H groups in total. The smallest absolute Gasteiger partial charge is 0.306 e. The van der Waals surface area contributed by atoms with E-state index in [0.29, 0.717) is 15.6 Å². The van der Waals surface area contributed by atoms with E-state index in [0.717, 1.165) is 6.07 Å². The molecule has 106 valence electrons. The fraction of sp³-hybridized carbons (Fsp3) is 0.250. The first-order valence-electron chi connectivity index (χ1n) is 4.87. The van der Waals surface area contributed by atoms with E-state index in [1.807, 2.05) is 5.43 Å². The van der Waals surface area contributed by atoms with Crippen LogP contribution in [0.4, 0.5) is 10.7 Å². The van der Waals surface area contributed by atoms with Gasteiger partial charge in [0.2, 0.25) is 0 Å². The van der Waals surface area contributed by atoms with Crippen LogP contribution in [0.1, 0.15) is 0 Å². The molecule has 0 spiro atoms. The van der Waals surface area contributed by atoms with Gasteiger partial charge in [-0.1, -0.05) is 11.3 Å². The summed E-state index contributed by atoms with van der Waals surface area (Å²) in [7, 11) is -4.16. The first kappa shape index (κ1) is 15.8. The predicted octanol–water partition coefficient (Wildman–Crippen LogP) is -0.0202. The maximum absolute atomic E-state index is 12.2. The number of sulfonamides is 1. The van der Waals surface area contributed by atoms with Gasteiger partial charge in [-0.3, -0.25) is 10.1 Å². The third-order valence-corrected chi connectivity index (χ3v) is 5.40. The molecule has 12 heteroatoms. The number of hydrogen-bond donors (Lipinski definition) is 2. The molecule has 0 atom stereocenters. The number of nitrogen functional groups attached to an aromatic ring is 1. The molecule has 0 aliphatic carbocycles. The van der Waals surface area contributed by atoms with Crippen molar-refractivity contribution in [3.05, 3.63) is 16.2 Å². The topological polar surface area (TPSA) is 166 Å². The summed E-state index contributed by atoms with van der Waals surface area (Å²) in [5.41, 5.74) is 1.54. The van der Waals surface area contributed by atoms with Crippen LogP contribution in [0.25, 0.3) is 0 Å². The zero-order valence-corrected chi connectivity index (χ0v) is 11.4. The minimum Gasteiger partial charge on any atom is -0.310 e. The Morgan fingerprint density at radius 3 is 2.35 bits per heavy atom. The lowest BCUT2D eigenvalue weighted by molar-refractivity contribution is -0.383. The van der Waals surface area contributed by atoms with Gasteiger partial charge in [0.1, 0.15) is 17.3 Å². The van der Waals surface area contributed by atoms with E-state index in [1.165, 1.54) is 0 Å². The summed E-state index contributed by atoms with van der Waals surface area (Å²) in [6.45, 7) is -1.07. The molecule has 1 heterocycles. The average Bonchev–Trinajstić information content (AvgIpc) is 2.83. The molecule has 0 bridgehead atoms. The summed E-state index contributed by atoms with van der Waals surface area (Å²) in [6.07, 6.45) is 0. The van der Waals surface area contributed by atoms with E-state index in [-0.39, 0.29) is 9.21 Å². The Hall–Kier alpha value is -2.25. The lowest BCUT2D eigenvalue weighted by atomic mass is 10.5. The Kier molecular flexibility index (Phi) is 4.95. The van der Waals surface area contributed by atoms with Gasteiger partial charge in [0.25, 0.3) is 10.0 Å². The molecule has 1 rings (SSSR count). The minimum atomic E-state index is -4.16. The van der Waals surface area contributed by atoms with E-state index >= 15 is 0 Å². The molecule has 0 aliphatic rings. The van der Waals surface area contributed by atoms with Crippen molar-refractivity contribution >= 4 is 32.0 Å². The largest absolute Gasteiger partial charge is 0.310 e. The molecule has 20 heavy (non-hydrogen) atoms. The fourth-order valence-electron chi connectivity index (χ4n) is 1.24. The number of anilines is 1. The molecule has 1 aromatic heterocycles. The van der Waals surface area contributed by atoms with Crippen molar-refractivity contribution in [3.8, 4) is 12.1 Å². The van der Waals surface area contributed by atoms with Crippen LogP contribution in [-0.4, -0.2) is 30.7 Å². The number of thiophene rings is 1. The first-order valence-corrected chi connectivity index (χ1v) is 7.13. The highest BCUT2D eigenvalue weighted by molar-refractivity contribution is 7.91. The third kappa shape index (κ3) is 3.01. The molecule has 0 aliphatic heterocycles. The molecule has 0 radical (unpaired) electrons. The fourth-order valence-corrected chi connectivity index (χ4v) is 3.86. The Balaban J connectivity index is 3.32. The van der Waals surface area contributed by atoms with Gasteiger partial charge in [0.15, 0.2) is 5.00 Å². The quantitative estimate of drug-likeness (QED) is 0.319. The monoisotopic (exact) mass is 316 g/mol. The number of nitrogens with two attached hydrogens (primary N) is 1. The van der Waals surface area contributed by atoms with Crippen molar-refractivity contribution in [2.75, 3.05) is 18.5 Å². The molecular weight excluding hydrogens is 308 g/mol. The number of nitro groups is 1. The highest BCUT2D eigenvalue weighted by atomic mass is 32.2. The number of hydrazine groups is 1. The highest BCUT2D eigenvalue weighted by Gasteiger charge is 2.30. The van der Waals surface area contributed by atoms with Crippen molar-refractivity contribution in [2.24, 2.45) is 5.84 Å². The zero-order chi connectivity index (χ0) is 15.3. The van der Waals surface area contributed by atoms with Gasteiger partial charge in [-0.2, -0.15) is 14.8 Å². The molecular formula is C8H8N6O4S2. The molecule has 0 unspecified atom stereocenters. The molecule has 0 fully saturated rings. The zero-order valence-electron chi connectivity index (χ0n) is 9.81. The van der Waals surface area contributed by atoms with E-state index < -0.39 is 33.7 Å². The van der Waals surface area contributed by atoms with E-state index in [9.17, 15) is 18.5 Å². The Morgan fingerprint density at radius 1 is 1.45 bits per heavy atom. The van der Waals surface area contributed by atoms with Gasteiger partial charge in [0.05, 0.1) is 17.1 Å². The van der Waals surface area contributed by atoms with E-state index in [4.69, 9.17) is 16.4 Å². The molecule has 0 amide bonds. The van der Waals surface area contributed by atoms with E-state index in [1.54, 1.807) is 12.1 Å². The SMILES string of the molecule is N#CCN(CC#N)S(=O)(=O)c1cc([N+](=O)[O-])c(NN)s1.